The summed E-state index contributed by atoms with van der Waals surface area (Å²) in [6.45, 7) is 0.933. The molecule has 1 aliphatic heterocycles. The third-order valence-electron chi connectivity index (χ3n) is 9.19. The van der Waals surface area contributed by atoms with Crippen LogP contribution in [0.5, 0.6) is 11.5 Å². The number of esters is 2. The summed E-state index contributed by atoms with van der Waals surface area (Å²) in [6, 6.07) is 25.2. The van der Waals surface area contributed by atoms with Crippen LogP contribution in [0.1, 0.15) is 48.8 Å². The molecule has 0 saturated carbocycles. The van der Waals surface area contributed by atoms with Crippen LogP contribution in [0, 0.1) is 10.1 Å². The summed E-state index contributed by atoms with van der Waals surface area (Å²) in [5.41, 5.74) is 4.61. The molecule has 2 unspecified atom stereocenters. The zero-order valence-electron chi connectivity index (χ0n) is 31.4. The zero-order chi connectivity index (χ0) is 41.2. The Kier molecular flexibility index (Phi) is 13.1. The van der Waals surface area contributed by atoms with E-state index in [0.29, 0.717) is 5.56 Å². The lowest BCUT2D eigenvalue weighted by Crippen LogP contribution is -2.44. The van der Waals surface area contributed by atoms with Crippen molar-refractivity contribution in [1.29, 1.82) is 0 Å². The Morgan fingerprint density at radius 1 is 0.879 bits per heavy atom. The second-order valence-electron chi connectivity index (χ2n) is 13.2. The number of non-ortho nitro benzene ring substituents is 1. The van der Waals surface area contributed by atoms with Crippen LogP contribution in [0.2, 0.25) is 0 Å². The highest BCUT2D eigenvalue weighted by atomic mass is 16.7. The fourth-order valence-electron chi connectivity index (χ4n) is 6.59. The van der Waals surface area contributed by atoms with Crippen molar-refractivity contribution in [3.8, 4) is 22.6 Å². The molecule has 1 aliphatic carbocycles. The highest BCUT2D eigenvalue weighted by Gasteiger charge is 2.37. The molecule has 302 valence electrons. The van der Waals surface area contributed by atoms with Gasteiger partial charge >= 0.3 is 24.2 Å². The summed E-state index contributed by atoms with van der Waals surface area (Å²) in [5.74, 6) is -1.83. The fraction of sp³-hybridized carbons (Fsp3) is 0.293. The molecule has 17 nitrogen and oxygen atoms in total. The monoisotopic (exact) mass is 797 g/mol. The molecular formula is C41H39N3O14. The molecule has 17 heteroatoms. The van der Waals surface area contributed by atoms with E-state index in [1.165, 1.54) is 56.5 Å². The van der Waals surface area contributed by atoms with Gasteiger partial charge in [0.2, 0.25) is 12.2 Å². The van der Waals surface area contributed by atoms with E-state index in [1.807, 2.05) is 48.5 Å². The van der Waals surface area contributed by atoms with Gasteiger partial charge in [0.05, 0.1) is 17.7 Å². The van der Waals surface area contributed by atoms with Crippen LogP contribution < -0.4 is 20.1 Å². The molecule has 0 radical (unpaired) electrons. The van der Waals surface area contributed by atoms with Crippen LogP contribution in [-0.4, -0.2) is 73.8 Å². The summed E-state index contributed by atoms with van der Waals surface area (Å²) in [4.78, 5) is 72.8. The van der Waals surface area contributed by atoms with Crippen LogP contribution in [0.3, 0.4) is 0 Å². The number of methoxy groups -OCH3 is 1. The second kappa shape index (κ2) is 18.8. The minimum absolute atomic E-state index is 0.0174. The van der Waals surface area contributed by atoms with Crippen LogP contribution in [0.4, 0.5) is 21.0 Å². The molecule has 6 rings (SSSR count). The molecule has 2 aliphatic rings. The van der Waals surface area contributed by atoms with Crippen LogP contribution >= 0.6 is 0 Å². The SMILES string of the molecule is COC(=O)[C@H]1CC(OC(C)=O)CC(Oc2ccc(COC(=O)Oc3ccc([N+](=O)[O-])cc3)cc2NC(=O)CCNC(=O)OCC2c3ccccc3-c3ccccc32)O1. The maximum atomic E-state index is 13.2. The van der Waals surface area contributed by atoms with Crippen molar-refractivity contribution in [2.24, 2.45) is 0 Å². The van der Waals surface area contributed by atoms with E-state index in [4.69, 9.17) is 33.2 Å². The Bertz CT molecular complexity index is 2130. The quantitative estimate of drug-likeness (QED) is 0.0480. The lowest BCUT2D eigenvalue weighted by atomic mass is 9.98. The van der Waals surface area contributed by atoms with E-state index in [-0.39, 0.29) is 67.8 Å². The van der Waals surface area contributed by atoms with Crippen molar-refractivity contribution in [2.45, 2.75) is 57.2 Å². The van der Waals surface area contributed by atoms with Crippen LogP contribution in [0.15, 0.2) is 91.0 Å². The predicted octanol–water partition coefficient (Wildman–Crippen LogP) is 6.17. The van der Waals surface area contributed by atoms with E-state index in [1.54, 1.807) is 0 Å². The van der Waals surface area contributed by atoms with Gasteiger partial charge < -0.3 is 43.8 Å². The number of nitrogens with one attached hydrogen (secondary N) is 2. The highest BCUT2D eigenvalue weighted by Crippen LogP contribution is 2.44. The molecule has 58 heavy (non-hydrogen) atoms. The van der Waals surface area contributed by atoms with Crippen LogP contribution in [-0.2, 0) is 44.7 Å². The number of benzene rings is 4. The lowest BCUT2D eigenvalue weighted by Gasteiger charge is -2.33. The van der Waals surface area contributed by atoms with Crippen molar-refractivity contribution in [2.75, 3.05) is 25.6 Å². The molecule has 0 spiro atoms. The van der Waals surface area contributed by atoms with Crippen molar-refractivity contribution >= 4 is 41.5 Å². The number of hydrogen-bond donors (Lipinski definition) is 2. The zero-order valence-corrected chi connectivity index (χ0v) is 31.4. The Morgan fingerprint density at radius 2 is 1.57 bits per heavy atom. The van der Waals surface area contributed by atoms with Gasteiger partial charge in [0.25, 0.3) is 5.69 Å². The van der Waals surface area contributed by atoms with Gasteiger partial charge in [-0.3, -0.25) is 19.7 Å². The number of carbonyl (C=O) groups excluding carboxylic acids is 5. The number of alkyl carbamates (subject to hydrolysis) is 1. The molecule has 3 atom stereocenters. The van der Waals surface area contributed by atoms with Gasteiger partial charge in [0.15, 0.2) is 6.10 Å². The van der Waals surface area contributed by atoms with Gasteiger partial charge in [-0.05, 0) is 52.1 Å². The first kappa shape index (κ1) is 40.6. The molecule has 0 bridgehead atoms. The largest absolute Gasteiger partial charge is 0.514 e. The first-order valence-electron chi connectivity index (χ1n) is 18.1. The molecule has 4 aromatic carbocycles. The molecule has 0 aromatic heterocycles. The topological polar surface area (TPSA) is 217 Å². The summed E-state index contributed by atoms with van der Waals surface area (Å²) >= 11 is 0. The molecule has 1 heterocycles. The fourth-order valence-corrected chi connectivity index (χ4v) is 6.59. The molecule has 2 amide bonds. The van der Waals surface area contributed by atoms with Gasteiger partial charge in [-0.1, -0.05) is 54.6 Å². The number of hydrogen-bond acceptors (Lipinski definition) is 14. The Hall–Kier alpha value is -7.01. The van der Waals surface area contributed by atoms with E-state index in [0.717, 1.165) is 22.3 Å². The number of anilines is 1. The van der Waals surface area contributed by atoms with E-state index >= 15 is 0 Å². The number of nitro groups is 1. The summed E-state index contributed by atoms with van der Waals surface area (Å²) in [6.07, 6.45) is -4.85. The average molecular weight is 798 g/mol. The maximum absolute atomic E-state index is 13.2. The summed E-state index contributed by atoms with van der Waals surface area (Å²) < 4.78 is 37.9. The minimum atomic E-state index is -1.12. The molecular weight excluding hydrogens is 758 g/mol. The number of nitrogens with zero attached hydrogens (tertiary/aromatic N) is 1. The number of carbonyl (C=O) groups is 5. The average Bonchev–Trinajstić information content (AvgIpc) is 3.53. The van der Waals surface area contributed by atoms with E-state index in [2.05, 4.69) is 10.6 Å². The number of amides is 2. The number of rotatable bonds is 14. The van der Waals surface area contributed by atoms with Gasteiger partial charge in [0, 0.05) is 50.8 Å². The third-order valence-corrected chi connectivity index (χ3v) is 9.19. The molecule has 2 N–H and O–H groups in total. The second-order valence-corrected chi connectivity index (χ2v) is 13.2. The van der Waals surface area contributed by atoms with Gasteiger partial charge in [0.1, 0.15) is 30.8 Å². The first-order chi connectivity index (χ1) is 28.0. The first-order valence-corrected chi connectivity index (χ1v) is 18.1. The molecule has 1 fully saturated rings. The number of nitro benzene ring substituents is 1. The van der Waals surface area contributed by atoms with Crippen molar-refractivity contribution < 1.29 is 62.1 Å². The Morgan fingerprint density at radius 3 is 2.22 bits per heavy atom. The van der Waals surface area contributed by atoms with Crippen molar-refractivity contribution in [3.63, 3.8) is 0 Å². The van der Waals surface area contributed by atoms with Gasteiger partial charge in [-0.2, -0.15) is 0 Å². The maximum Gasteiger partial charge on any atom is 0.514 e. The minimum Gasteiger partial charge on any atom is -0.467 e. The van der Waals surface area contributed by atoms with Crippen molar-refractivity contribution in [1.82, 2.24) is 5.32 Å². The number of ether oxygens (including phenoxy) is 7. The Balaban J connectivity index is 1.08. The Labute approximate surface area is 331 Å². The standard InChI is InChI=1S/C41H39N3O14/c1-24(45)55-28-20-36(39(47)52-2)58-38(21-28)57-35-16-11-25(22-54-41(49)56-27-14-12-26(13-15-27)44(50)51)19-34(35)43-37(46)17-18-42-40(48)53-23-33-31-9-5-3-7-29(31)30-8-4-6-10-32(30)33/h3-16,19,28,33,36,38H,17-18,20-23H2,1-2H3,(H,42,48)(H,43,46)/t28?,36-,38?/m1/s1. The summed E-state index contributed by atoms with van der Waals surface area (Å²) in [7, 11) is 1.19. The molecule has 4 aromatic rings. The van der Waals surface area contributed by atoms with E-state index in [9.17, 15) is 34.1 Å². The van der Waals surface area contributed by atoms with Gasteiger partial charge in [-0.25, -0.2) is 14.4 Å². The molecule has 1 saturated heterocycles. The summed E-state index contributed by atoms with van der Waals surface area (Å²) in [5, 5.41) is 16.2. The number of fused-ring (bicyclic) bond motifs is 3. The smallest absolute Gasteiger partial charge is 0.467 e. The van der Waals surface area contributed by atoms with Gasteiger partial charge in [-0.15, -0.1) is 0 Å². The third kappa shape index (κ3) is 10.4. The van der Waals surface area contributed by atoms with Crippen molar-refractivity contribution in [3.05, 3.63) is 118 Å². The normalized spacial score (nSPS) is 16.8. The van der Waals surface area contributed by atoms with E-state index < -0.39 is 53.5 Å². The predicted molar refractivity (Wildman–Crippen MR) is 203 cm³/mol. The van der Waals surface area contributed by atoms with Crippen LogP contribution in [0.25, 0.3) is 11.1 Å². The lowest BCUT2D eigenvalue weighted by molar-refractivity contribution is -0.384. The highest BCUT2D eigenvalue weighted by molar-refractivity contribution is 5.92.